The van der Waals surface area contributed by atoms with Gasteiger partial charge in [-0.3, -0.25) is 14.4 Å². The van der Waals surface area contributed by atoms with Crippen molar-refractivity contribution in [3.05, 3.63) is 35.5 Å². The van der Waals surface area contributed by atoms with Gasteiger partial charge in [0.15, 0.2) is 17.7 Å². The zero-order valence-electron chi connectivity index (χ0n) is 22.3. The summed E-state index contributed by atoms with van der Waals surface area (Å²) in [5.41, 5.74) is 2.21. The second kappa shape index (κ2) is 10.1. The van der Waals surface area contributed by atoms with E-state index >= 15 is 0 Å². The lowest BCUT2D eigenvalue weighted by Crippen LogP contribution is -2.46. The molecular weight excluding hydrogens is 456 g/mol. The number of rotatable bonds is 8. The van der Waals surface area contributed by atoms with Crippen LogP contribution in [0.1, 0.15) is 79.6 Å². The van der Waals surface area contributed by atoms with Crippen LogP contribution in [0.25, 0.3) is 0 Å². The Morgan fingerprint density at radius 1 is 1.17 bits per heavy atom. The predicted octanol–water partition coefficient (Wildman–Crippen LogP) is 5.31. The fourth-order valence-electron chi connectivity index (χ4n) is 7.44. The van der Waals surface area contributed by atoms with E-state index in [1.807, 2.05) is 13.0 Å². The highest BCUT2D eigenvalue weighted by atomic mass is 16.6. The summed E-state index contributed by atoms with van der Waals surface area (Å²) in [6, 6.07) is 0. The summed E-state index contributed by atoms with van der Waals surface area (Å²) in [5.74, 6) is -0.174. The summed E-state index contributed by atoms with van der Waals surface area (Å²) in [6.07, 6.45) is 12.3. The SMILES string of the molecule is CCCCC(=O)OC(C)C(=O)OCC(=O)[C@H]1CC[C@H]2[C@@H]3C[C@H](C)C4=CC(=O)C=C[C@]4(C)C3=CC[C@]12C. The maximum atomic E-state index is 13.3. The number of hydrogen-bond acceptors (Lipinski definition) is 6. The van der Waals surface area contributed by atoms with E-state index in [-0.39, 0.29) is 41.3 Å². The average Bonchev–Trinajstić information content (AvgIpc) is 3.19. The third kappa shape index (κ3) is 4.64. The standard InChI is InChI=1S/C30H40O6/c1-6-7-8-27(33)36-19(3)28(34)35-17-26(32)24-10-9-22-21-15-18(2)25-16-20(31)11-13-30(25,5)23(21)12-14-29(22,24)4/h11-13,16,18-19,21-22,24H,6-10,14-15,17H2,1-5H3/t18-,19?,21-,22-,24+,29-,30+/m0/s1. The number of ketones is 2. The molecule has 0 bridgehead atoms. The average molecular weight is 497 g/mol. The number of unbranched alkanes of at least 4 members (excludes halogenated alkanes) is 1. The summed E-state index contributed by atoms with van der Waals surface area (Å²) in [4.78, 5) is 49.5. The van der Waals surface area contributed by atoms with Gasteiger partial charge in [0.05, 0.1) is 0 Å². The van der Waals surface area contributed by atoms with Crippen LogP contribution in [0.15, 0.2) is 35.5 Å². The largest absolute Gasteiger partial charge is 0.455 e. The Bertz CT molecular complexity index is 1030. The number of carbonyl (C=O) groups excluding carboxylic acids is 4. The lowest BCUT2D eigenvalue weighted by Gasteiger charge is -2.54. The van der Waals surface area contributed by atoms with Crippen molar-refractivity contribution < 1.29 is 28.7 Å². The fraction of sp³-hybridized carbons (Fsp3) is 0.667. The van der Waals surface area contributed by atoms with Gasteiger partial charge in [-0.05, 0) is 86.8 Å². The molecule has 0 saturated heterocycles. The van der Waals surface area contributed by atoms with Gasteiger partial charge in [-0.2, -0.15) is 0 Å². The maximum Gasteiger partial charge on any atom is 0.347 e. The molecule has 6 heteroatoms. The minimum Gasteiger partial charge on any atom is -0.455 e. The van der Waals surface area contributed by atoms with Crippen molar-refractivity contribution in [1.82, 2.24) is 0 Å². The van der Waals surface area contributed by atoms with Crippen molar-refractivity contribution in [1.29, 1.82) is 0 Å². The molecule has 0 radical (unpaired) electrons. The minimum absolute atomic E-state index is 0.0477. The van der Waals surface area contributed by atoms with Crippen LogP contribution in [-0.4, -0.2) is 36.2 Å². The van der Waals surface area contributed by atoms with Crippen molar-refractivity contribution >= 4 is 23.5 Å². The molecule has 0 aromatic rings. The highest BCUT2D eigenvalue weighted by Crippen LogP contribution is 2.64. The Balaban J connectivity index is 1.43. The van der Waals surface area contributed by atoms with Crippen LogP contribution in [-0.2, 0) is 28.7 Å². The van der Waals surface area contributed by atoms with Crippen molar-refractivity contribution in [2.75, 3.05) is 6.61 Å². The van der Waals surface area contributed by atoms with Gasteiger partial charge in [-0.25, -0.2) is 4.79 Å². The molecule has 0 aliphatic heterocycles. The van der Waals surface area contributed by atoms with Gasteiger partial charge in [0.25, 0.3) is 0 Å². The third-order valence-corrected chi connectivity index (χ3v) is 9.39. The molecule has 36 heavy (non-hydrogen) atoms. The van der Waals surface area contributed by atoms with E-state index in [1.165, 1.54) is 18.1 Å². The van der Waals surface area contributed by atoms with Crippen molar-refractivity contribution in [2.45, 2.75) is 85.7 Å². The van der Waals surface area contributed by atoms with E-state index in [0.29, 0.717) is 24.2 Å². The molecule has 4 rings (SSSR count). The summed E-state index contributed by atoms with van der Waals surface area (Å²) >= 11 is 0. The van der Waals surface area contributed by atoms with E-state index in [1.54, 1.807) is 6.08 Å². The number of allylic oxidation sites excluding steroid dienone is 6. The van der Waals surface area contributed by atoms with Gasteiger partial charge in [0, 0.05) is 17.8 Å². The molecule has 6 nitrogen and oxygen atoms in total. The number of fused-ring (bicyclic) bond motifs is 5. The predicted molar refractivity (Wildman–Crippen MR) is 136 cm³/mol. The summed E-state index contributed by atoms with van der Waals surface area (Å²) < 4.78 is 10.4. The van der Waals surface area contributed by atoms with Gasteiger partial charge in [0.1, 0.15) is 6.61 Å². The Morgan fingerprint density at radius 3 is 2.64 bits per heavy atom. The number of carbonyl (C=O) groups is 4. The van der Waals surface area contributed by atoms with Crippen LogP contribution >= 0.6 is 0 Å². The topological polar surface area (TPSA) is 86.7 Å². The quantitative estimate of drug-likeness (QED) is 0.334. The zero-order valence-corrected chi connectivity index (χ0v) is 22.3. The van der Waals surface area contributed by atoms with Gasteiger partial charge < -0.3 is 9.47 Å². The van der Waals surface area contributed by atoms with E-state index in [2.05, 4.69) is 32.9 Å². The van der Waals surface area contributed by atoms with E-state index in [9.17, 15) is 19.2 Å². The first-order valence-electron chi connectivity index (χ1n) is 13.6. The van der Waals surface area contributed by atoms with Crippen LogP contribution < -0.4 is 0 Å². The Hall–Kier alpha value is -2.50. The monoisotopic (exact) mass is 496 g/mol. The summed E-state index contributed by atoms with van der Waals surface area (Å²) in [5, 5.41) is 0. The highest BCUT2D eigenvalue weighted by Gasteiger charge is 2.57. The molecule has 2 saturated carbocycles. The molecule has 4 aliphatic carbocycles. The molecular formula is C30H40O6. The van der Waals surface area contributed by atoms with E-state index in [0.717, 1.165) is 32.1 Å². The normalized spacial score (nSPS) is 35.5. The smallest absolute Gasteiger partial charge is 0.347 e. The molecule has 196 valence electrons. The van der Waals surface area contributed by atoms with Crippen molar-refractivity contribution in [3.8, 4) is 0 Å². The van der Waals surface area contributed by atoms with Crippen LogP contribution in [0.5, 0.6) is 0 Å². The van der Waals surface area contributed by atoms with Gasteiger partial charge in [-0.15, -0.1) is 0 Å². The van der Waals surface area contributed by atoms with Crippen LogP contribution in [0.3, 0.4) is 0 Å². The molecule has 0 aromatic carbocycles. The molecule has 1 unspecified atom stereocenters. The Morgan fingerprint density at radius 2 is 1.92 bits per heavy atom. The maximum absolute atomic E-state index is 13.3. The van der Waals surface area contributed by atoms with Gasteiger partial charge >= 0.3 is 11.9 Å². The van der Waals surface area contributed by atoms with E-state index in [4.69, 9.17) is 9.47 Å². The van der Waals surface area contributed by atoms with Crippen LogP contribution in [0.4, 0.5) is 0 Å². The van der Waals surface area contributed by atoms with E-state index < -0.39 is 18.0 Å². The first-order valence-corrected chi connectivity index (χ1v) is 13.6. The molecule has 0 heterocycles. The minimum atomic E-state index is -1.02. The number of ether oxygens (including phenoxy) is 2. The Kier molecular flexibility index (Phi) is 7.45. The van der Waals surface area contributed by atoms with Gasteiger partial charge in [0.2, 0.25) is 0 Å². The molecule has 0 aromatic heterocycles. The highest BCUT2D eigenvalue weighted by molar-refractivity contribution is 6.01. The third-order valence-electron chi connectivity index (χ3n) is 9.39. The van der Waals surface area contributed by atoms with Crippen LogP contribution in [0.2, 0.25) is 0 Å². The first kappa shape index (κ1) is 26.6. The molecule has 2 fully saturated rings. The zero-order chi connectivity index (χ0) is 26.3. The lowest BCUT2D eigenvalue weighted by atomic mass is 9.50. The lowest BCUT2D eigenvalue weighted by molar-refractivity contribution is -0.168. The molecule has 7 atom stereocenters. The molecule has 4 aliphatic rings. The number of esters is 2. The van der Waals surface area contributed by atoms with Crippen molar-refractivity contribution in [3.63, 3.8) is 0 Å². The molecule has 0 spiro atoms. The number of hydrogen-bond donors (Lipinski definition) is 0. The first-order chi connectivity index (χ1) is 17.0. The van der Waals surface area contributed by atoms with Crippen LogP contribution in [0, 0.1) is 34.5 Å². The van der Waals surface area contributed by atoms with Crippen molar-refractivity contribution in [2.24, 2.45) is 34.5 Å². The molecule has 0 N–H and O–H groups in total. The van der Waals surface area contributed by atoms with Gasteiger partial charge in [-0.1, -0.05) is 44.9 Å². The molecule has 0 amide bonds. The second-order valence-corrected chi connectivity index (χ2v) is 11.7. The Labute approximate surface area is 214 Å². The second-order valence-electron chi connectivity index (χ2n) is 11.7. The fourth-order valence-corrected chi connectivity index (χ4v) is 7.44. The summed E-state index contributed by atoms with van der Waals surface area (Å²) in [6.45, 7) is 9.84. The summed E-state index contributed by atoms with van der Waals surface area (Å²) in [7, 11) is 0. The number of Topliss-reactive ketones (excluding diaryl/α,β-unsaturated/α-hetero) is 1.